The molecule has 0 N–H and O–H groups in total. The molecule has 0 aromatic carbocycles. The fourth-order valence-electron chi connectivity index (χ4n) is 1.22. The molecule has 9 heteroatoms. The second-order valence-corrected chi connectivity index (χ2v) is 4.83. The standard InChI is InChI=1S/C8H7BrN4O3S/c1-16-7-2-5(17-11-7)3-12-4-6(9)8(10-12)13(14)15/h2,4H,3H2,1H3. The highest BCUT2D eigenvalue weighted by Crippen LogP contribution is 2.23. The molecule has 0 aliphatic carbocycles. The van der Waals surface area contributed by atoms with Crippen molar-refractivity contribution < 1.29 is 9.66 Å². The first-order chi connectivity index (χ1) is 8.10. The molecule has 2 aromatic heterocycles. The van der Waals surface area contributed by atoms with Crippen molar-refractivity contribution >= 4 is 33.3 Å². The van der Waals surface area contributed by atoms with E-state index in [4.69, 9.17) is 4.74 Å². The second kappa shape index (κ2) is 4.80. The fraction of sp³-hybridized carbons (Fsp3) is 0.250. The zero-order valence-corrected chi connectivity index (χ0v) is 11.1. The van der Waals surface area contributed by atoms with Crippen LogP contribution in [0.4, 0.5) is 5.82 Å². The third kappa shape index (κ3) is 2.61. The first-order valence-electron chi connectivity index (χ1n) is 4.47. The Labute approximate surface area is 108 Å². The van der Waals surface area contributed by atoms with E-state index in [0.717, 1.165) is 4.88 Å². The van der Waals surface area contributed by atoms with Gasteiger partial charge in [0.05, 0.1) is 29.8 Å². The van der Waals surface area contributed by atoms with Crippen LogP contribution in [0, 0.1) is 10.1 Å². The highest BCUT2D eigenvalue weighted by atomic mass is 79.9. The molecular weight excluding hydrogens is 312 g/mol. The van der Waals surface area contributed by atoms with E-state index >= 15 is 0 Å². The molecule has 0 amide bonds. The molecule has 0 radical (unpaired) electrons. The quantitative estimate of drug-likeness (QED) is 0.636. The molecule has 2 rings (SSSR count). The lowest BCUT2D eigenvalue weighted by Gasteiger charge is -1.91. The minimum atomic E-state index is -0.534. The molecule has 17 heavy (non-hydrogen) atoms. The number of hydrogen-bond donors (Lipinski definition) is 0. The molecule has 0 spiro atoms. The number of ether oxygens (including phenoxy) is 1. The van der Waals surface area contributed by atoms with Crippen molar-refractivity contribution in [1.29, 1.82) is 0 Å². The third-order valence-corrected chi connectivity index (χ3v) is 3.25. The van der Waals surface area contributed by atoms with Gasteiger partial charge in [-0.3, -0.25) is 0 Å². The van der Waals surface area contributed by atoms with Gasteiger partial charge in [0.1, 0.15) is 4.47 Å². The minimum Gasteiger partial charge on any atom is -0.480 e. The number of aromatic nitrogens is 3. The maximum atomic E-state index is 10.6. The Hall–Kier alpha value is -1.48. The van der Waals surface area contributed by atoms with Crippen molar-refractivity contribution in [3.63, 3.8) is 0 Å². The molecular formula is C8H7BrN4O3S. The highest BCUT2D eigenvalue weighted by Gasteiger charge is 2.19. The van der Waals surface area contributed by atoms with Gasteiger partial charge in [0, 0.05) is 6.07 Å². The predicted molar refractivity (Wildman–Crippen MR) is 64.3 cm³/mol. The van der Waals surface area contributed by atoms with Gasteiger partial charge in [-0.25, -0.2) is 0 Å². The van der Waals surface area contributed by atoms with Crippen molar-refractivity contribution in [3.8, 4) is 5.88 Å². The number of methoxy groups -OCH3 is 1. The Morgan fingerprint density at radius 1 is 1.71 bits per heavy atom. The SMILES string of the molecule is COc1cc(Cn2cc(Br)c([N+](=O)[O-])n2)sn1. The molecule has 7 nitrogen and oxygen atoms in total. The Balaban J connectivity index is 2.18. The van der Waals surface area contributed by atoms with Crippen molar-refractivity contribution in [2.75, 3.05) is 7.11 Å². The van der Waals surface area contributed by atoms with Gasteiger partial charge in [0.25, 0.3) is 0 Å². The van der Waals surface area contributed by atoms with Gasteiger partial charge in [-0.15, -0.1) is 0 Å². The average molecular weight is 319 g/mol. The average Bonchev–Trinajstić information content (AvgIpc) is 2.85. The first kappa shape index (κ1) is 12.0. The molecule has 2 aromatic rings. The first-order valence-corrected chi connectivity index (χ1v) is 6.03. The smallest absolute Gasteiger partial charge is 0.404 e. The van der Waals surface area contributed by atoms with E-state index in [-0.39, 0.29) is 5.82 Å². The summed E-state index contributed by atoms with van der Waals surface area (Å²) in [4.78, 5) is 11.0. The molecule has 90 valence electrons. The van der Waals surface area contributed by atoms with E-state index < -0.39 is 4.92 Å². The largest absolute Gasteiger partial charge is 0.480 e. The van der Waals surface area contributed by atoms with Crippen LogP contribution in [0.2, 0.25) is 0 Å². The molecule has 0 unspecified atom stereocenters. The van der Waals surface area contributed by atoms with E-state index in [2.05, 4.69) is 25.4 Å². The number of nitro groups is 1. The molecule has 0 bridgehead atoms. The third-order valence-electron chi connectivity index (χ3n) is 1.94. The van der Waals surface area contributed by atoms with E-state index in [0.29, 0.717) is 16.9 Å². The predicted octanol–water partition coefficient (Wildman–Crippen LogP) is 2.07. The van der Waals surface area contributed by atoms with Gasteiger partial charge >= 0.3 is 5.82 Å². The maximum Gasteiger partial charge on any atom is 0.404 e. The minimum absolute atomic E-state index is 0.193. The van der Waals surface area contributed by atoms with Crippen LogP contribution in [0.5, 0.6) is 5.88 Å². The topological polar surface area (TPSA) is 83.1 Å². The van der Waals surface area contributed by atoms with Crippen LogP contribution in [-0.4, -0.2) is 26.2 Å². The summed E-state index contributed by atoms with van der Waals surface area (Å²) >= 11 is 4.36. The van der Waals surface area contributed by atoms with Gasteiger partial charge in [0.2, 0.25) is 5.88 Å². The number of hydrogen-bond acceptors (Lipinski definition) is 6. The molecule has 2 heterocycles. The van der Waals surface area contributed by atoms with Crippen LogP contribution in [-0.2, 0) is 6.54 Å². The number of rotatable bonds is 4. The summed E-state index contributed by atoms with van der Waals surface area (Å²) < 4.78 is 10.8. The van der Waals surface area contributed by atoms with Gasteiger partial charge in [0.15, 0.2) is 0 Å². The van der Waals surface area contributed by atoms with Crippen molar-refractivity contribution in [2.24, 2.45) is 0 Å². The Kier molecular flexibility index (Phi) is 3.38. The molecule has 0 saturated heterocycles. The molecule has 0 fully saturated rings. The molecule has 0 saturated carbocycles. The van der Waals surface area contributed by atoms with E-state index in [9.17, 15) is 10.1 Å². The van der Waals surface area contributed by atoms with Gasteiger partial charge in [-0.2, -0.15) is 9.06 Å². The number of nitrogens with zero attached hydrogens (tertiary/aromatic N) is 4. The van der Waals surface area contributed by atoms with Crippen LogP contribution >= 0.6 is 27.5 Å². The van der Waals surface area contributed by atoms with Gasteiger partial charge < -0.3 is 14.9 Å². The number of halogens is 1. The lowest BCUT2D eigenvalue weighted by atomic mass is 10.5. The summed E-state index contributed by atoms with van der Waals surface area (Å²) in [5, 5.41) is 14.5. The van der Waals surface area contributed by atoms with Crippen molar-refractivity contribution in [1.82, 2.24) is 14.2 Å². The Morgan fingerprint density at radius 2 is 2.47 bits per heavy atom. The van der Waals surface area contributed by atoms with Crippen LogP contribution < -0.4 is 4.74 Å². The Bertz CT molecular complexity index is 553. The highest BCUT2D eigenvalue weighted by molar-refractivity contribution is 9.10. The van der Waals surface area contributed by atoms with Crippen LogP contribution in [0.1, 0.15) is 4.88 Å². The van der Waals surface area contributed by atoms with Crippen molar-refractivity contribution in [3.05, 3.63) is 31.7 Å². The summed E-state index contributed by atoms with van der Waals surface area (Å²) in [5.74, 6) is 0.340. The van der Waals surface area contributed by atoms with Gasteiger partial charge in [-0.1, -0.05) is 0 Å². The summed E-state index contributed by atoms with van der Waals surface area (Å²) in [7, 11) is 1.54. The van der Waals surface area contributed by atoms with E-state index in [1.165, 1.54) is 23.3 Å². The van der Waals surface area contributed by atoms with E-state index in [1.54, 1.807) is 12.3 Å². The normalized spacial score (nSPS) is 10.5. The second-order valence-electron chi connectivity index (χ2n) is 3.09. The summed E-state index contributed by atoms with van der Waals surface area (Å²) in [5.41, 5.74) is 0. The van der Waals surface area contributed by atoms with Crippen LogP contribution in [0.3, 0.4) is 0 Å². The lowest BCUT2D eigenvalue weighted by molar-refractivity contribution is -0.390. The summed E-state index contributed by atoms with van der Waals surface area (Å²) in [6.07, 6.45) is 1.56. The van der Waals surface area contributed by atoms with Crippen LogP contribution in [0.15, 0.2) is 16.7 Å². The zero-order chi connectivity index (χ0) is 12.4. The fourth-order valence-corrected chi connectivity index (χ4v) is 2.35. The monoisotopic (exact) mass is 318 g/mol. The van der Waals surface area contributed by atoms with Crippen molar-refractivity contribution in [2.45, 2.75) is 6.54 Å². The lowest BCUT2D eigenvalue weighted by Crippen LogP contribution is -1.99. The summed E-state index contributed by atoms with van der Waals surface area (Å²) in [6.45, 7) is 0.424. The summed E-state index contributed by atoms with van der Waals surface area (Å²) in [6, 6.07) is 1.77. The Morgan fingerprint density at radius 3 is 3.00 bits per heavy atom. The van der Waals surface area contributed by atoms with Crippen LogP contribution in [0.25, 0.3) is 0 Å². The van der Waals surface area contributed by atoms with Gasteiger partial charge in [-0.05, 0) is 32.4 Å². The molecule has 0 atom stereocenters. The maximum absolute atomic E-state index is 10.6. The van der Waals surface area contributed by atoms with E-state index in [1.807, 2.05) is 0 Å². The zero-order valence-electron chi connectivity index (χ0n) is 8.66. The molecule has 0 aliphatic heterocycles. The molecule has 0 aliphatic rings.